The van der Waals surface area contributed by atoms with Crippen molar-refractivity contribution in [2.75, 3.05) is 0 Å². The Morgan fingerprint density at radius 3 is 2.80 bits per heavy atom. The fourth-order valence-electron chi connectivity index (χ4n) is 1.01. The number of nitrogens with zero attached hydrogens (tertiary/aromatic N) is 1. The summed E-state index contributed by atoms with van der Waals surface area (Å²) in [5, 5.41) is 9.40. The molecule has 2 N–H and O–H groups in total. The lowest BCUT2D eigenvalue weighted by atomic mass is 10.4. The summed E-state index contributed by atoms with van der Waals surface area (Å²) in [5.41, 5.74) is -0.331. The Morgan fingerprint density at radius 2 is 2.27 bits per heavy atom. The number of aromatic amines is 1. The van der Waals surface area contributed by atoms with Crippen LogP contribution in [0.3, 0.4) is 0 Å². The largest absolute Gasteiger partial charge is 0.492 e. The van der Waals surface area contributed by atoms with E-state index >= 15 is 0 Å². The highest BCUT2D eigenvalue weighted by molar-refractivity contribution is 14.1. The molecule has 0 aromatic carbocycles. The van der Waals surface area contributed by atoms with Crippen LogP contribution in [0.15, 0.2) is 20.7 Å². The molecule has 2 aromatic heterocycles. The summed E-state index contributed by atoms with van der Waals surface area (Å²) in [7, 11) is 0. The quantitative estimate of drug-likeness (QED) is 0.725. The second-order valence-corrected chi connectivity index (χ2v) is 6.20. The molecule has 4 nitrogen and oxygen atoms in total. The topological polar surface area (TPSA) is 66.0 Å². The van der Waals surface area contributed by atoms with Gasteiger partial charge in [-0.2, -0.15) is 4.98 Å². The van der Waals surface area contributed by atoms with E-state index in [0.717, 1.165) is 8.66 Å². The highest BCUT2D eigenvalue weighted by Crippen LogP contribution is 2.29. The van der Waals surface area contributed by atoms with Crippen molar-refractivity contribution in [2.45, 2.75) is 0 Å². The maximum atomic E-state index is 11.4. The van der Waals surface area contributed by atoms with Gasteiger partial charge in [0.15, 0.2) is 5.82 Å². The monoisotopic (exact) mass is 398 g/mol. The molecule has 0 aliphatic carbocycles. The predicted octanol–water partition coefficient (Wildman–Crippen LogP) is 2.57. The highest BCUT2D eigenvalue weighted by atomic mass is 127. The molecule has 0 aliphatic rings. The molecule has 2 aromatic rings. The number of nitrogens with one attached hydrogen (secondary N) is 1. The third-order valence-electron chi connectivity index (χ3n) is 1.65. The molecule has 0 bridgehead atoms. The van der Waals surface area contributed by atoms with E-state index in [4.69, 9.17) is 0 Å². The lowest BCUT2D eigenvalue weighted by Gasteiger charge is -1.98. The Kier molecular flexibility index (Phi) is 3.12. The minimum atomic E-state index is -0.331. The van der Waals surface area contributed by atoms with Crippen LogP contribution in [0.4, 0.5) is 0 Å². The zero-order chi connectivity index (χ0) is 11.0. The maximum Gasteiger partial charge on any atom is 0.268 e. The first kappa shape index (κ1) is 11.1. The van der Waals surface area contributed by atoms with E-state index in [-0.39, 0.29) is 15.0 Å². The summed E-state index contributed by atoms with van der Waals surface area (Å²) in [5.74, 6) is 0.146. The normalized spacial score (nSPS) is 10.5. The molecule has 2 rings (SSSR count). The van der Waals surface area contributed by atoms with Crippen LogP contribution in [0, 0.1) is 3.57 Å². The minimum absolute atomic E-state index is 0.201. The van der Waals surface area contributed by atoms with Crippen molar-refractivity contribution in [2.24, 2.45) is 0 Å². The van der Waals surface area contributed by atoms with E-state index < -0.39 is 0 Å². The van der Waals surface area contributed by atoms with Crippen molar-refractivity contribution in [3.63, 3.8) is 0 Å². The second-order valence-electron chi connectivity index (χ2n) is 2.66. The third-order valence-corrected chi connectivity index (χ3v) is 4.25. The molecule has 7 heteroatoms. The Bertz CT molecular complexity index is 566. The molecular formula is C8H4BrIN2O2S. The van der Waals surface area contributed by atoms with Gasteiger partial charge in [-0.1, -0.05) is 0 Å². The summed E-state index contributed by atoms with van der Waals surface area (Å²) in [4.78, 5) is 18.7. The van der Waals surface area contributed by atoms with E-state index in [1.165, 1.54) is 11.3 Å². The number of aromatic nitrogens is 2. The molecule has 0 amide bonds. The van der Waals surface area contributed by atoms with Gasteiger partial charge in [-0.15, -0.1) is 11.3 Å². The number of halogens is 2. The number of thiophene rings is 1. The Labute approximate surface area is 111 Å². The first-order chi connectivity index (χ1) is 7.08. The minimum Gasteiger partial charge on any atom is -0.492 e. The molecule has 0 radical (unpaired) electrons. The SMILES string of the molecule is O=c1[nH]c(-c2ccc(Br)s2)nc(O)c1I. The zero-order valence-electron chi connectivity index (χ0n) is 7.12. The van der Waals surface area contributed by atoms with Gasteiger partial charge in [-0.3, -0.25) is 4.79 Å². The Morgan fingerprint density at radius 1 is 1.53 bits per heavy atom. The van der Waals surface area contributed by atoms with Crippen LogP contribution >= 0.6 is 49.9 Å². The van der Waals surface area contributed by atoms with Gasteiger partial charge in [-0.25, -0.2) is 0 Å². The third kappa shape index (κ3) is 2.23. The van der Waals surface area contributed by atoms with E-state index in [0.29, 0.717) is 5.82 Å². The van der Waals surface area contributed by atoms with Crippen LogP contribution in [-0.2, 0) is 0 Å². The average Bonchev–Trinajstić information content (AvgIpc) is 2.60. The number of rotatable bonds is 1. The molecular weight excluding hydrogens is 395 g/mol. The van der Waals surface area contributed by atoms with Crippen molar-refractivity contribution in [1.82, 2.24) is 9.97 Å². The molecule has 0 saturated carbocycles. The summed E-state index contributed by atoms with van der Waals surface area (Å²) in [6, 6.07) is 3.67. The lowest BCUT2D eigenvalue weighted by Crippen LogP contribution is -2.11. The predicted molar refractivity (Wildman–Crippen MR) is 70.3 cm³/mol. The molecule has 2 heterocycles. The van der Waals surface area contributed by atoms with Gasteiger partial charge in [-0.05, 0) is 50.7 Å². The van der Waals surface area contributed by atoms with E-state index in [1.54, 1.807) is 22.6 Å². The molecule has 0 spiro atoms. The second kappa shape index (κ2) is 4.22. The first-order valence-electron chi connectivity index (χ1n) is 3.82. The van der Waals surface area contributed by atoms with Gasteiger partial charge in [0.2, 0.25) is 5.88 Å². The van der Waals surface area contributed by atoms with Crippen LogP contribution in [0.25, 0.3) is 10.7 Å². The van der Waals surface area contributed by atoms with Crippen LogP contribution in [0.2, 0.25) is 0 Å². The first-order valence-corrected chi connectivity index (χ1v) is 6.51. The summed E-state index contributed by atoms with van der Waals surface area (Å²) < 4.78 is 1.14. The summed E-state index contributed by atoms with van der Waals surface area (Å²) in [6.45, 7) is 0. The number of hydrogen-bond donors (Lipinski definition) is 2. The number of hydrogen-bond acceptors (Lipinski definition) is 4. The fourth-order valence-corrected chi connectivity index (χ4v) is 2.59. The lowest BCUT2D eigenvalue weighted by molar-refractivity contribution is 0.447. The van der Waals surface area contributed by atoms with Crippen molar-refractivity contribution in [3.05, 3.63) is 29.8 Å². The van der Waals surface area contributed by atoms with Crippen LogP contribution in [0.5, 0.6) is 5.88 Å². The van der Waals surface area contributed by atoms with Crippen molar-refractivity contribution in [1.29, 1.82) is 0 Å². The molecule has 15 heavy (non-hydrogen) atoms. The molecule has 0 aliphatic heterocycles. The van der Waals surface area contributed by atoms with Gasteiger partial charge in [0.05, 0.1) is 8.66 Å². The molecule has 0 atom stereocenters. The van der Waals surface area contributed by atoms with Gasteiger partial charge < -0.3 is 10.1 Å². The number of H-pyrrole nitrogens is 1. The van der Waals surface area contributed by atoms with E-state index in [1.807, 2.05) is 12.1 Å². The van der Waals surface area contributed by atoms with Crippen molar-refractivity contribution in [3.8, 4) is 16.6 Å². The van der Waals surface area contributed by atoms with Gasteiger partial charge in [0.25, 0.3) is 5.56 Å². The summed E-state index contributed by atoms with van der Waals surface area (Å²) >= 11 is 6.50. The van der Waals surface area contributed by atoms with Crippen LogP contribution in [-0.4, -0.2) is 15.1 Å². The standard InChI is InChI=1S/C8H4BrIN2O2S/c9-4-2-1-3(15-4)6-11-7(13)5(10)8(14)12-6/h1-2H,(H2,11,12,13,14). The molecule has 0 fully saturated rings. The van der Waals surface area contributed by atoms with Gasteiger partial charge >= 0.3 is 0 Å². The van der Waals surface area contributed by atoms with E-state index in [2.05, 4.69) is 25.9 Å². The van der Waals surface area contributed by atoms with Crippen LogP contribution < -0.4 is 5.56 Å². The Balaban J connectivity index is 2.60. The Hall–Kier alpha value is -0.410. The van der Waals surface area contributed by atoms with Crippen molar-refractivity contribution < 1.29 is 5.11 Å². The van der Waals surface area contributed by atoms with Gasteiger partial charge in [0.1, 0.15) is 3.57 Å². The molecule has 0 unspecified atom stereocenters. The van der Waals surface area contributed by atoms with Gasteiger partial charge in [0, 0.05) is 0 Å². The molecule has 0 saturated heterocycles. The van der Waals surface area contributed by atoms with Crippen molar-refractivity contribution >= 4 is 49.9 Å². The zero-order valence-corrected chi connectivity index (χ0v) is 11.7. The van der Waals surface area contributed by atoms with Crippen LogP contribution in [0.1, 0.15) is 0 Å². The highest BCUT2D eigenvalue weighted by Gasteiger charge is 2.10. The fraction of sp³-hybridized carbons (Fsp3) is 0. The number of aromatic hydroxyl groups is 1. The average molecular weight is 399 g/mol. The summed E-state index contributed by atoms with van der Waals surface area (Å²) in [6.07, 6.45) is 0. The van der Waals surface area contributed by atoms with E-state index in [9.17, 15) is 9.90 Å². The smallest absolute Gasteiger partial charge is 0.268 e. The maximum absolute atomic E-state index is 11.4. The molecule has 78 valence electrons.